The first-order valence-corrected chi connectivity index (χ1v) is 9.41. The van der Waals surface area contributed by atoms with Crippen molar-refractivity contribution in [2.75, 3.05) is 0 Å². The van der Waals surface area contributed by atoms with E-state index >= 15 is 0 Å². The molecule has 0 radical (unpaired) electrons. The van der Waals surface area contributed by atoms with Crippen LogP contribution in [-0.2, 0) is 14.7 Å². The second-order valence-corrected chi connectivity index (χ2v) is 9.06. The van der Waals surface area contributed by atoms with Crippen molar-refractivity contribution in [3.8, 4) is 0 Å². The molecule has 1 fully saturated rings. The first-order valence-electron chi connectivity index (χ1n) is 6.67. The Morgan fingerprint density at radius 2 is 1.55 bits per heavy atom. The smallest absolute Gasteiger partial charge is 0.184 e. The van der Waals surface area contributed by atoms with E-state index in [4.69, 9.17) is 34.8 Å². The number of sulfone groups is 1. The summed E-state index contributed by atoms with van der Waals surface area (Å²) in [6, 6.07) is 13.5. The second-order valence-electron chi connectivity index (χ2n) is 5.46. The van der Waals surface area contributed by atoms with Crippen molar-refractivity contribution < 1.29 is 8.42 Å². The van der Waals surface area contributed by atoms with Crippen LogP contribution in [0.4, 0.5) is 0 Å². The van der Waals surface area contributed by atoms with Crippen LogP contribution in [0, 0.1) is 6.92 Å². The third kappa shape index (κ3) is 2.44. The molecule has 3 unspecified atom stereocenters. The molecule has 22 heavy (non-hydrogen) atoms. The maximum atomic E-state index is 12.8. The normalized spacial score (nSPS) is 27.6. The molecule has 2 nitrogen and oxygen atoms in total. The van der Waals surface area contributed by atoms with Crippen molar-refractivity contribution in [3.05, 3.63) is 64.7 Å². The van der Waals surface area contributed by atoms with E-state index < -0.39 is 25.3 Å². The quantitative estimate of drug-likeness (QED) is 0.738. The standard InChI is InChI=1S/C16H13Cl3O2S/c1-10-2-8-13(9-3-10)22(20,21)15-14(18)16(15,19)11-4-6-12(17)7-5-11/h2-9,14-15H,1H3. The third-order valence-corrected chi connectivity index (χ3v) is 8.11. The van der Waals surface area contributed by atoms with Crippen LogP contribution < -0.4 is 0 Å². The predicted molar refractivity (Wildman–Crippen MR) is 90.8 cm³/mol. The molecule has 0 aliphatic heterocycles. The molecule has 0 amide bonds. The van der Waals surface area contributed by atoms with Gasteiger partial charge in [-0.05, 0) is 36.8 Å². The number of aryl methyl sites for hydroxylation is 1. The number of halogens is 3. The molecule has 0 saturated heterocycles. The number of rotatable bonds is 3. The second kappa shape index (κ2) is 5.41. The SMILES string of the molecule is Cc1ccc(S(=O)(=O)C2C(Cl)C2(Cl)c2ccc(Cl)cc2)cc1. The van der Waals surface area contributed by atoms with Crippen molar-refractivity contribution in [1.82, 2.24) is 0 Å². The van der Waals surface area contributed by atoms with Gasteiger partial charge < -0.3 is 0 Å². The zero-order valence-corrected chi connectivity index (χ0v) is 14.7. The van der Waals surface area contributed by atoms with Gasteiger partial charge in [-0.2, -0.15) is 0 Å². The monoisotopic (exact) mass is 374 g/mol. The molecule has 0 N–H and O–H groups in total. The van der Waals surface area contributed by atoms with E-state index in [9.17, 15) is 8.42 Å². The number of hydrogen-bond acceptors (Lipinski definition) is 2. The Balaban J connectivity index is 1.99. The summed E-state index contributed by atoms with van der Waals surface area (Å²) in [5.74, 6) is 0. The summed E-state index contributed by atoms with van der Waals surface area (Å²) in [5.41, 5.74) is 1.66. The average Bonchev–Trinajstić information content (AvgIpc) is 3.04. The topological polar surface area (TPSA) is 34.1 Å². The first kappa shape index (κ1) is 16.1. The number of alkyl halides is 2. The summed E-state index contributed by atoms with van der Waals surface area (Å²) >= 11 is 18.7. The van der Waals surface area contributed by atoms with Gasteiger partial charge in [-0.25, -0.2) is 8.42 Å². The largest absolute Gasteiger partial charge is 0.223 e. The van der Waals surface area contributed by atoms with Gasteiger partial charge in [0.15, 0.2) is 9.84 Å². The lowest BCUT2D eigenvalue weighted by Crippen LogP contribution is -2.15. The molecule has 0 heterocycles. The minimum Gasteiger partial charge on any atom is -0.223 e. The molecule has 1 saturated carbocycles. The molecule has 3 rings (SSSR count). The maximum Gasteiger partial charge on any atom is 0.184 e. The third-order valence-electron chi connectivity index (χ3n) is 3.94. The minimum absolute atomic E-state index is 0.241. The van der Waals surface area contributed by atoms with Gasteiger partial charge in [-0.1, -0.05) is 41.4 Å². The molecule has 2 aromatic rings. The molecule has 1 aliphatic rings. The van der Waals surface area contributed by atoms with E-state index in [1.807, 2.05) is 6.92 Å². The molecular weight excluding hydrogens is 363 g/mol. The Labute approximate surface area is 144 Å². The highest BCUT2D eigenvalue weighted by Gasteiger charge is 2.70. The Kier molecular flexibility index (Phi) is 3.97. The molecule has 0 aromatic heterocycles. The Morgan fingerprint density at radius 3 is 2.09 bits per heavy atom. The highest BCUT2D eigenvalue weighted by Crippen LogP contribution is 2.60. The molecule has 0 spiro atoms. The summed E-state index contributed by atoms with van der Waals surface area (Å²) in [5, 5.41) is -0.970. The van der Waals surface area contributed by atoms with Crippen LogP contribution in [-0.4, -0.2) is 19.0 Å². The van der Waals surface area contributed by atoms with Crippen molar-refractivity contribution in [3.63, 3.8) is 0 Å². The van der Waals surface area contributed by atoms with Crippen molar-refractivity contribution in [2.24, 2.45) is 0 Å². The molecule has 6 heteroatoms. The van der Waals surface area contributed by atoms with Crippen LogP contribution in [0.1, 0.15) is 11.1 Å². The Bertz CT molecular complexity index is 800. The minimum atomic E-state index is -3.59. The molecule has 3 atom stereocenters. The molecule has 1 aliphatic carbocycles. The Hall–Kier alpha value is -0.740. The van der Waals surface area contributed by atoms with Gasteiger partial charge in [-0.3, -0.25) is 0 Å². The van der Waals surface area contributed by atoms with E-state index in [-0.39, 0.29) is 4.90 Å². The average molecular weight is 376 g/mol. The van der Waals surface area contributed by atoms with E-state index in [1.54, 1.807) is 48.5 Å². The fraction of sp³-hybridized carbons (Fsp3) is 0.250. The van der Waals surface area contributed by atoms with Crippen molar-refractivity contribution in [2.45, 2.75) is 27.3 Å². The first-order chi connectivity index (χ1) is 10.3. The van der Waals surface area contributed by atoms with Crippen molar-refractivity contribution in [1.29, 1.82) is 0 Å². The molecule has 116 valence electrons. The zero-order chi connectivity index (χ0) is 16.1. The van der Waals surface area contributed by atoms with E-state index in [0.29, 0.717) is 10.6 Å². The van der Waals surface area contributed by atoms with E-state index in [1.165, 1.54) is 0 Å². The lowest BCUT2D eigenvalue weighted by atomic mass is 10.1. The van der Waals surface area contributed by atoms with Crippen LogP contribution in [0.25, 0.3) is 0 Å². The van der Waals surface area contributed by atoms with Crippen molar-refractivity contribution >= 4 is 44.6 Å². The van der Waals surface area contributed by atoms with Crippen LogP contribution in [0.15, 0.2) is 53.4 Å². The lowest BCUT2D eigenvalue weighted by molar-refractivity contribution is 0.593. The summed E-state index contributed by atoms with van der Waals surface area (Å²) in [7, 11) is -3.59. The van der Waals surface area contributed by atoms with Crippen LogP contribution in [0.2, 0.25) is 5.02 Å². The zero-order valence-electron chi connectivity index (χ0n) is 11.6. The van der Waals surface area contributed by atoms with Gasteiger partial charge in [0, 0.05) is 5.02 Å². The predicted octanol–water partition coefficient (Wildman–Crippen LogP) is 4.55. The van der Waals surface area contributed by atoms with Gasteiger partial charge in [0.05, 0.1) is 10.3 Å². The van der Waals surface area contributed by atoms with Crippen LogP contribution in [0.3, 0.4) is 0 Å². The fourth-order valence-corrected chi connectivity index (χ4v) is 6.37. The molecule has 2 aromatic carbocycles. The highest BCUT2D eigenvalue weighted by atomic mass is 35.5. The van der Waals surface area contributed by atoms with Crippen LogP contribution >= 0.6 is 34.8 Å². The fourth-order valence-electron chi connectivity index (χ4n) is 2.58. The summed E-state index contributed by atoms with van der Waals surface area (Å²) in [6.07, 6.45) is 0. The van der Waals surface area contributed by atoms with Gasteiger partial charge in [0.1, 0.15) is 10.1 Å². The summed E-state index contributed by atoms with van der Waals surface area (Å²) in [6.45, 7) is 1.90. The highest BCUT2D eigenvalue weighted by molar-refractivity contribution is 7.92. The van der Waals surface area contributed by atoms with E-state index in [2.05, 4.69) is 0 Å². The van der Waals surface area contributed by atoms with Gasteiger partial charge in [0.25, 0.3) is 0 Å². The lowest BCUT2D eigenvalue weighted by Gasteiger charge is -2.10. The van der Waals surface area contributed by atoms with Gasteiger partial charge in [-0.15, -0.1) is 23.2 Å². The summed E-state index contributed by atoms with van der Waals surface area (Å²) < 4.78 is 25.6. The Morgan fingerprint density at radius 1 is 1.00 bits per heavy atom. The van der Waals surface area contributed by atoms with Gasteiger partial charge >= 0.3 is 0 Å². The van der Waals surface area contributed by atoms with Gasteiger partial charge in [0.2, 0.25) is 0 Å². The summed E-state index contributed by atoms with van der Waals surface area (Å²) in [4.78, 5) is -0.874. The maximum absolute atomic E-state index is 12.8. The van der Waals surface area contributed by atoms with E-state index in [0.717, 1.165) is 5.56 Å². The van der Waals surface area contributed by atoms with Crippen LogP contribution in [0.5, 0.6) is 0 Å². The molecule has 0 bridgehead atoms. The molecular formula is C16H13Cl3O2S. The number of hydrogen-bond donors (Lipinski definition) is 0. The number of benzene rings is 2.